The fourth-order valence-corrected chi connectivity index (χ4v) is 5.89. The Hall–Kier alpha value is -1.29. The second-order valence-electron chi connectivity index (χ2n) is 6.73. The zero-order chi connectivity index (χ0) is 15.8. The molecule has 23 heavy (non-hydrogen) atoms. The van der Waals surface area contributed by atoms with Gasteiger partial charge in [0, 0.05) is 35.4 Å². The van der Waals surface area contributed by atoms with Crippen molar-refractivity contribution in [1.29, 1.82) is 0 Å². The first-order valence-corrected chi connectivity index (χ1v) is 9.50. The molecule has 4 atom stereocenters. The number of nitrogens with zero attached hydrogens (tertiary/aromatic N) is 1. The van der Waals surface area contributed by atoms with Gasteiger partial charge in [0.2, 0.25) is 0 Å². The van der Waals surface area contributed by atoms with Crippen molar-refractivity contribution >= 4 is 11.8 Å². The van der Waals surface area contributed by atoms with Gasteiger partial charge in [-0.15, -0.1) is 0 Å². The number of rotatable bonds is 2. The number of piperidine rings is 1. The molecule has 2 aromatic carbocycles. The molecule has 0 spiro atoms. The third-order valence-corrected chi connectivity index (χ3v) is 6.71. The maximum atomic E-state index is 11.0. The molecule has 0 radical (unpaired) electrons. The van der Waals surface area contributed by atoms with E-state index in [1.807, 2.05) is 11.8 Å². The Morgan fingerprint density at radius 1 is 0.826 bits per heavy atom. The highest BCUT2D eigenvalue weighted by atomic mass is 32.2. The van der Waals surface area contributed by atoms with E-state index in [2.05, 4.69) is 72.6 Å². The van der Waals surface area contributed by atoms with Gasteiger partial charge in [-0.2, -0.15) is 11.8 Å². The van der Waals surface area contributed by atoms with Crippen molar-refractivity contribution in [1.82, 2.24) is 4.90 Å². The fourth-order valence-electron chi connectivity index (χ4n) is 4.45. The van der Waals surface area contributed by atoms with E-state index in [-0.39, 0.29) is 18.2 Å². The van der Waals surface area contributed by atoms with Gasteiger partial charge in [0.1, 0.15) is 0 Å². The summed E-state index contributed by atoms with van der Waals surface area (Å²) in [5.74, 6) is 2.71. The minimum atomic E-state index is -0.220. The molecule has 2 heterocycles. The lowest BCUT2D eigenvalue weighted by Crippen LogP contribution is -2.55. The van der Waals surface area contributed by atoms with Crippen LogP contribution >= 0.6 is 11.8 Å². The minimum Gasteiger partial charge on any atom is -0.392 e. The molecule has 0 aromatic heterocycles. The second kappa shape index (κ2) is 6.31. The van der Waals surface area contributed by atoms with Crippen molar-refractivity contribution in [3.63, 3.8) is 0 Å². The maximum absolute atomic E-state index is 11.0. The number of aliphatic hydroxyl groups excluding tert-OH is 1. The second-order valence-corrected chi connectivity index (χ2v) is 7.81. The smallest absolute Gasteiger partial charge is 0.0648 e. The van der Waals surface area contributed by atoms with E-state index in [0.717, 1.165) is 11.5 Å². The Kier molecular flexibility index (Phi) is 4.18. The molecule has 4 unspecified atom stereocenters. The van der Waals surface area contributed by atoms with Crippen molar-refractivity contribution in [3.05, 3.63) is 71.8 Å². The van der Waals surface area contributed by atoms with Gasteiger partial charge >= 0.3 is 0 Å². The quantitative estimate of drug-likeness (QED) is 0.909. The van der Waals surface area contributed by atoms with Gasteiger partial charge in [-0.3, -0.25) is 4.90 Å². The first-order chi connectivity index (χ1) is 11.3. The zero-order valence-corrected chi connectivity index (χ0v) is 14.2. The predicted octanol–water partition coefficient (Wildman–Crippen LogP) is 3.75. The van der Waals surface area contributed by atoms with Crippen LogP contribution in [-0.4, -0.2) is 34.7 Å². The van der Waals surface area contributed by atoms with Crippen molar-refractivity contribution in [2.75, 3.05) is 18.6 Å². The highest BCUT2D eigenvalue weighted by molar-refractivity contribution is 7.99. The van der Waals surface area contributed by atoms with Gasteiger partial charge in [-0.1, -0.05) is 60.7 Å². The largest absolute Gasteiger partial charge is 0.392 e. The van der Waals surface area contributed by atoms with Gasteiger partial charge in [0.15, 0.2) is 0 Å². The van der Waals surface area contributed by atoms with E-state index >= 15 is 0 Å². The third kappa shape index (κ3) is 2.61. The molecule has 2 aliphatic heterocycles. The average molecular weight is 325 g/mol. The molecule has 2 nitrogen and oxygen atoms in total. The van der Waals surface area contributed by atoms with Gasteiger partial charge < -0.3 is 5.11 Å². The van der Waals surface area contributed by atoms with Crippen LogP contribution in [0.5, 0.6) is 0 Å². The lowest BCUT2D eigenvalue weighted by atomic mass is 9.73. The first kappa shape index (κ1) is 15.3. The summed E-state index contributed by atoms with van der Waals surface area (Å²) in [5.41, 5.74) is 2.64. The number of hydrogen-bond donors (Lipinski definition) is 1. The average Bonchev–Trinajstić information content (AvgIpc) is 2.59. The van der Waals surface area contributed by atoms with Crippen LogP contribution in [0.25, 0.3) is 0 Å². The number of fused-ring (bicyclic) bond motifs is 2. The molecule has 2 bridgehead atoms. The summed E-state index contributed by atoms with van der Waals surface area (Å²) in [5, 5.41) is 11.0. The van der Waals surface area contributed by atoms with Crippen molar-refractivity contribution in [3.8, 4) is 0 Å². The summed E-state index contributed by atoms with van der Waals surface area (Å²) < 4.78 is 0. The van der Waals surface area contributed by atoms with E-state index in [1.165, 1.54) is 11.1 Å². The van der Waals surface area contributed by atoms with Gasteiger partial charge in [-0.25, -0.2) is 0 Å². The lowest BCUT2D eigenvalue weighted by Gasteiger charge is -2.54. The zero-order valence-electron chi connectivity index (χ0n) is 13.4. The van der Waals surface area contributed by atoms with Crippen LogP contribution < -0.4 is 0 Å². The van der Waals surface area contributed by atoms with E-state index in [0.29, 0.717) is 11.8 Å². The summed E-state index contributed by atoms with van der Waals surface area (Å²) in [7, 11) is 2.23. The number of benzene rings is 2. The Morgan fingerprint density at radius 2 is 1.26 bits per heavy atom. The summed E-state index contributed by atoms with van der Waals surface area (Å²) in [6.07, 6.45) is -0.220. The summed E-state index contributed by atoms with van der Waals surface area (Å²) >= 11 is 2.00. The SMILES string of the molecule is CN1C(c2ccccc2)C2CSCC(C2O)C1c1ccccc1. The Morgan fingerprint density at radius 3 is 1.70 bits per heavy atom. The van der Waals surface area contributed by atoms with Crippen LogP contribution in [0, 0.1) is 11.8 Å². The Balaban J connectivity index is 1.78. The van der Waals surface area contributed by atoms with Gasteiger partial charge in [0.25, 0.3) is 0 Å². The van der Waals surface area contributed by atoms with Gasteiger partial charge in [0.05, 0.1) is 6.10 Å². The summed E-state index contributed by atoms with van der Waals surface area (Å²) in [6.45, 7) is 0. The topological polar surface area (TPSA) is 23.5 Å². The molecule has 0 aliphatic carbocycles. The molecule has 0 amide bonds. The predicted molar refractivity (Wildman–Crippen MR) is 96.4 cm³/mol. The van der Waals surface area contributed by atoms with E-state index in [9.17, 15) is 5.11 Å². The molecular formula is C20H23NOS. The van der Waals surface area contributed by atoms with Crippen LogP contribution in [-0.2, 0) is 0 Å². The van der Waals surface area contributed by atoms with E-state index < -0.39 is 0 Å². The lowest BCUT2D eigenvalue weighted by molar-refractivity contribution is -0.0751. The molecule has 2 aliphatic rings. The van der Waals surface area contributed by atoms with Crippen molar-refractivity contribution in [2.45, 2.75) is 18.2 Å². The van der Waals surface area contributed by atoms with Crippen molar-refractivity contribution < 1.29 is 5.11 Å². The fraction of sp³-hybridized carbons (Fsp3) is 0.400. The third-order valence-electron chi connectivity index (χ3n) is 5.47. The van der Waals surface area contributed by atoms with Crippen molar-refractivity contribution in [2.24, 2.45) is 11.8 Å². The monoisotopic (exact) mass is 325 g/mol. The number of hydrogen-bond acceptors (Lipinski definition) is 3. The van der Waals surface area contributed by atoms with Crippen LogP contribution in [0.4, 0.5) is 0 Å². The summed E-state index contributed by atoms with van der Waals surface area (Å²) in [6, 6.07) is 21.9. The normalized spacial score (nSPS) is 34.3. The molecule has 120 valence electrons. The molecule has 2 saturated heterocycles. The van der Waals surface area contributed by atoms with E-state index in [1.54, 1.807) is 0 Å². The van der Waals surface area contributed by atoms with Crippen LogP contribution in [0.15, 0.2) is 60.7 Å². The Bertz CT molecular complexity index is 592. The van der Waals surface area contributed by atoms with E-state index in [4.69, 9.17) is 0 Å². The molecule has 2 aromatic rings. The first-order valence-electron chi connectivity index (χ1n) is 8.35. The number of likely N-dealkylation sites (tertiary alicyclic amines) is 1. The maximum Gasteiger partial charge on any atom is 0.0648 e. The molecule has 1 N–H and O–H groups in total. The van der Waals surface area contributed by atoms with Crippen LogP contribution in [0.2, 0.25) is 0 Å². The molecule has 0 saturated carbocycles. The number of thioether (sulfide) groups is 1. The standard InChI is InChI=1S/C20H23NOS/c1-21-18(14-8-4-2-5-9-14)16-12-23-13-17(20(16)22)19(21)15-10-6-3-7-11-15/h2-11,16-20,22H,12-13H2,1H3. The highest BCUT2D eigenvalue weighted by Crippen LogP contribution is 2.51. The molecule has 4 rings (SSSR count). The van der Waals surface area contributed by atoms with Gasteiger partial charge in [-0.05, 0) is 18.2 Å². The summed E-state index contributed by atoms with van der Waals surface area (Å²) in [4.78, 5) is 2.51. The van der Waals surface area contributed by atoms with Crippen LogP contribution in [0.1, 0.15) is 23.2 Å². The molecule has 3 heteroatoms. The molecular weight excluding hydrogens is 302 g/mol. The minimum absolute atomic E-state index is 0.220. The Labute approximate surface area is 142 Å². The molecule has 2 fully saturated rings. The van der Waals surface area contributed by atoms with Crippen LogP contribution in [0.3, 0.4) is 0 Å². The number of aliphatic hydroxyl groups is 1. The highest BCUT2D eigenvalue weighted by Gasteiger charge is 2.50.